The van der Waals surface area contributed by atoms with Gasteiger partial charge in [-0.1, -0.05) is 12.1 Å². The Morgan fingerprint density at radius 2 is 2.19 bits per heavy atom. The number of nitro benzene ring substituents is 1. The highest BCUT2D eigenvalue weighted by atomic mass is 16.6. The molecule has 0 amide bonds. The standard InChI is InChI=1S/C16H19N3O2/c1-11-13(3-2-4-15(11)19(20)21)9-18-8-7-14(10-18)16(17)12-5-6-12/h2-4,7-8,10,12,16H,5-6,9,17H2,1H3. The molecule has 3 rings (SSSR count). The number of rotatable bonds is 5. The van der Waals surface area contributed by atoms with Crippen molar-refractivity contribution in [2.24, 2.45) is 11.7 Å². The van der Waals surface area contributed by atoms with Gasteiger partial charge in [-0.15, -0.1) is 0 Å². The number of aromatic nitrogens is 1. The first-order valence-electron chi connectivity index (χ1n) is 7.20. The van der Waals surface area contributed by atoms with Crippen molar-refractivity contribution in [3.8, 4) is 0 Å². The Morgan fingerprint density at radius 1 is 1.43 bits per heavy atom. The molecule has 1 aliphatic carbocycles. The van der Waals surface area contributed by atoms with E-state index in [2.05, 4.69) is 12.3 Å². The van der Waals surface area contributed by atoms with Crippen molar-refractivity contribution in [3.63, 3.8) is 0 Å². The third kappa shape index (κ3) is 2.83. The van der Waals surface area contributed by atoms with Crippen molar-refractivity contribution >= 4 is 5.69 Å². The zero-order chi connectivity index (χ0) is 15.0. The maximum absolute atomic E-state index is 11.0. The summed E-state index contributed by atoms with van der Waals surface area (Å²) in [5, 5.41) is 11.0. The lowest BCUT2D eigenvalue weighted by Gasteiger charge is -2.09. The van der Waals surface area contributed by atoms with E-state index in [1.54, 1.807) is 19.1 Å². The second kappa shape index (κ2) is 5.33. The highest BCUT2D eigenvalue weighted by Gasteiger charge is 2.29. The van der Waals surface area contributed by atoms with E-state index >= 15 is 0 Å². The summed E-state index contributed by atoms with van der Waals surface area (Å²) in [7, 11) is 0. The number of nitro groups is 1. The Labute approximate surface area is 123 Å². The molecule has 0 radical (unpaired) electrons. The van der Waals surface area contributed by atoms with Gasteiger partial charge in [0.25, 0.3) is 5.69 Å². The van der Waals surface area contributed by atoms with E-state index in [0.29, 0.717) is 12.5 Å². The smallest absolute Gasteiger partial charge is 0.272 e. The van der Waals surface area contributed by atoms with Crippen molar-refractivity contribution in [1.29, 1.82) is 0 Å². The van der Waals surface area contributed by atoms with Crippen LogP contribution in [-0.2, 0) is 6.54 Å². The average molecular weight is 285 g/mol. The Balaban J connectivity index is 1.80. The molecule has 1 aromatic heterocycles. The fourth-order valence-electron chi connectivity index (χ4n) is 2.72. The molecule has 1 aromatic carbocycles. The van der Waals surface area contributed by atoms with Crippen molar-refractivity contribution in [2.45, 2.75) is 32.4 Å². The fourth-order valence-corrected chi connectivity index (χ4v) is 2.72. The van der Waals surface area contributed by atoms with Crippen LogP contribution >= 0.6 is 0 Å². The molecule has 1 aliphatic rings. The molecule has 0 bridgehead atoms. The van der Waals surface area contributed by atoms with E-state index in [-0.39, 0.29) is 16.7 Å². The quantitative estimate of drug-likeness (QED) is 0.677. The topological polar surface area (TPSA) is 74.1 Å². The van der Waals surface area contributed by atoms with Crippen LogP contribution in [0, 0.1) is 23.0 Å². The zero-order valence-electron chi connectivity index (χ0n) is 12.0. The first-order valence-corrected chi connectivity index (χ1v) is 7.20. The van der Waals surface area contributed by atoms with Crippen molar-refractivity contribution in [1.82, 2.24) is 4.57 Å². The third-order valence-corrected chi connectivity index (χ3v) is 4.26. The van der Waals surface area contributed by atoms with Crippen molar-refractivity contribution in [2.75, 3.05) is 0 Å². The molecule has 1 heterocycles. The summed E-state index contributed by atoms with van der Waals surface area (Å²) in [5.74, 6) is 0.625. The summed E-state index contributed by atoms with van der Waals surface area (Å²) in [6.45, 7) is 2.43. The van der Waals surface area contributed by atoms with E-state index in [4.69, 9.17) is 5.73 Å². The molecule has 1 saturated carbocycles. The Kier molecular flexibility index (Phi) is 3.51. The van der Waals surface area contributed by atoms with Crippen LogP contribution in [0.25, 0.3) is 0 Å². The zero-order valence-corrected chi connectivity index (χ0v) is 12.0. The molecule has 2 N–H and O–H groups in total. The minimum atomic E-state index is -0.330. The summed E-state index contributed by atoms with van der Waals surface area (Å²) in [6.07, 6.45) is 6.49. The first kappa shape index (κ1) is 13.8. The Bertz CT molecular complexity index is 674. The van der Waals surface area contributed by atoms with E-state index in [0.717, 1.165) is 16.7 Å². The molecule has 1 atom stereocenters. The molecule has 1 unspecified atom stereocenters. The molecule has 0 saturated heterocycles. The molecule has 1 fully saturated rings. The van der Waals surface area contributed by atoms with Crippen LogP contribution in [0.15, 0.2) is 36.7 Å². The van der Waals surface area contributed by atoms with Crippen molar-refractivity contribution < 1.29 is 4.92 Å². The van der Waals surface area contributed by atoms with Crippen LogP contribution in [0.4, 0.5) is 5.69 Å². The lowest BCUT2D eigenvalue weighted by atomic mass is 10.1. The van der Waals surface area contributed by atoms with Gasteiger partial charge in [-0.25, -0.2) is 0 Å². The van der Waals surface area contributed by atoms with Crippen LogP contribution in [0.1, 0.15) is 35.6 Å². The fraction of sp³-hybridized carbons (Fsp3) is 0.375. The van der Waals surface area contributed by atoms with Gasteiger partial charge >= 0.3 is 0 Å². The average Bonchev–Trinajstić information content (AvgIpc) is 3.20. The second-order valence-electron chi connectivity index (χ2n) is 5.80. The lowest BCUT2D eigenvalue weighted by molar-refractivity contribution is -0.385. The van der Waals surface area contributed by atoms with E-state index < -0.39 is 0 Å². The summed E-state index contributed by atoms with van der Waals surface area (Å²) >= 11 is 0. The van der Waals surface area contributed by atoms with Crippen LogP contribution in [-0.4, -0.2) is 9.49 Å². The normalized spacial score (nSPS) is 15.9. The van der Waals surface area contributed by atoms with Gasteiger partial charge in [-0.2, -0.15) is 0 Å². The van der Waals surface area contributed by atoms with Gasteiger partial charge in [0.15, 0.2) is 0 Å². The molecule has 5 nitrogen and oxygen atoms in total. The molecule has 2 aromatic rings. The molecule has 0 aliphatic heterocycles. The summed E-state index contributed by atoms with van der Waals surface area (Å²) < 4.78 is 2.05. The predicted octanol–water partition coefficient (Wildman–Crippen LogP) is 3.16. The minimum absolute atomic E-state index is 0.123. The SMILES string of the molecule is Cc1c(Cn2ccc(C(N)C3CC3)c2)cccc1[N+](=O)[O-]. The van der Waals surface area contributed by atoms with Gasteiger partial charge in [0.1, 0.15) is 0 Å². The molecule has 21 heavy (non-hydrogen) atoms. The largest absolute Gasteiger partial charge is 0.350 e. The Hall–Kier alpha value is -2.14. The predicted molar refractivity (Wildman–Crippen MR) is 81.0 cm³/mol. The van der Waals surface area contributed by atoms with E-state index in [1.807, 2.05) is 16.8 Å². The van der Waals surface area contributed by atoms with Gasteiger partial charge in [-0.05, 0) is 42.9 Å². The maximum atomic E-state index is 11.0. The highest BCUT2D eigenvalue weighted by Crippen LogP contribution is 2.39. The number of hydrogen-bond acceptors (Lipinski definition) is 3. The second-order valence-corrected chi connectivity index (χ2v) is 5.80. The van der Waals surface area contributed by atoms with Gasteiger partial charge in [0, 0.05) is 36.6 Å². The molecule has 0 spiro atoms. The number of hydrogen-bond donors (Lipinski definition) is 1. The summed E-state index contributed by atoms with van der Waals surface area (Å²) in [4.78, 5) is 10.7. The highest BCUT2D eigenvalue weighted by molar-refractivity contribution is 5.44. The third-order valence-electron chi connectivity index (χ3n) is 4.26. The van der Waals surface area contributed by atoms with E-state index in [1.165, 1.54) is 12.8 Å². The maximum Gasteiger partial charge on any atom is 0.272 e. The van der Waals surface area contributed by atoms with Gasteiger partial charge in [0.05, 0.1) is 4.92 Å². The van der Waals surface area contributed by atoms with Gasteiger partial charge in [-0.3, -0.25) is 10.1 Å². The molecule has 110 valence electrons. The number of nitrogens with zero attached hydrogens (tertiary/aromatic N) is 2. The van der Waals surface area contributed by atoms with Crippen LogP contribution in [0.5, 0.6) is 0 Å². The molecule has 5 heteroatoms. The monoisotopic (exact) mass is 285 g/mol. The van der Waals surface area contributed by atoms with Crippen molar-refractivity contribution in [3.05, 3.63) is 63.5 Å². The lowest BCUT2D eigenvalue weighted by Crippen LogP contribution is -2.11. The first-order chi connectivity index (χ1) is 10.1. The van der Waals surface area contributed by atoms with Gasteiger partial charge in [0.2, 0.25) is 0 Å². The summed E-state index contributed by atoms with van der Waals surface area (Å²) in [6, 6.07) is 7.39. The van der Waals surface area contributed by atoms with E-state index in [9.17, 15) is 10.1 Å². The minimum Gasteiger partial charge on any atom is -0.350 e. The van der Waals surface area contributed by atoms with Crippen LogP contribution < -0.4 is 5.73 Å². The van der Waals surface area contributed by atoms with Gasteiger partial charge < -0.3 is 10.3 Å². The number of nitrogens with two attached hydrogens (primary N) is 1. The van der Waals surface area contributed by atoms with Crippen LogP contribution in [0.2, 0.25) is 0 Å². The summed E-state index contributed by atoms with van der Waals surface area (Å²) in [5.41, 5.74) is 9.22. The molecular weight excluding hydrogens is 266 g/mol. The Morgan fingerprint density at radius 3 is 2.86 bits per heavy atom. The number of benzene rings is 1. The van der Waals surface area contributed by atoms with Crippen LogP contribution in [0.3, 0.4) is 0 Å². The molecular formula is C16H19N3O2.